The first-order chi connectivity index (χ1) is 9.68. The van der Waals surface area contributed by atoms with Crippen molar-refractivity contribution in [2.75, 3.05) is 16.4 Å². The van der Waals surface area contributed by atoms with E-state index in [9.17, 15) is 14.4 Å². The molecule has 2 aliphatic rings. The molecule has 20 heavy (non-hydrogen) atoms. The Kier molecular flexibility index (Phi) is 3.61. The highest BCUT2D eigenvalue weighted by Gasteiger charge is 2.46. The summed E-state index contributed by atoms with van der Waals surface area (Å²) in [6, 6.07) is 8.92. The number of rotatable bonds is 2. The first kappa shape index (κ1) is 13.4. The van der Waals surface area contributed by atoms with E-state index < -0.39 is 5.92 Å². The minimum atomic E-state index is -0.469. The SMILES string of the molecule is O=C1CCSCC1[C@H]1CC(=O)N(c2ccccc2)C1=O. The summed E-state index contributed by atoms with van der Waals surface area (Å²) in [5.74, 6) is 0.431. The van der Waals surface area contributed by atoms with Gasteiger partial charge in [0.05, 0.1) is 11.6 Å². The van der Waals surface area contributed by atoms with Gasteiger partial charge in [0.25, 0.3) is 0 Å². The zero-order chi connectivity index (χ0) is 14.1. The molecule has 0 saturated carbocycles. The Morgan fingerprint density at radius 3 is 2.50 bits per heavy atom. The monoisotopic (exact) mass is 289 g/mol. The van der Waals surface area contributed by atoms with E-state index in [0.29, 0.717) is 17.9 Å². The highest BCUT2D eigenvalue weighted by molar-refractivity contribution is 7.99. The molecule has 2 atom stereocenters. The molecular weight excluding hydrogens is 274 g/mol. The van der Waals surface area contributed by atoms with Gasteiger partial charge in [-0.15, -0.1) is 0 Å². The Balaban J connectivity index is 1.85. The quantitative estimate of drug-likeness (QED) is 0.780. The minimum Gasteiger partial charge on any atom is -0.299 e. The maximum atomic E-state index is 12.5. The summed E-state index contributed by atoms with van der Waals surface area (Å²) < 4.78 is 0. The van der Waals surface area contributed by atoms with Gasteiger partial charge in [0.15, 0.2) is 0 Å². The van der Waals surface area contributed by atoms with Crippen LogP contribution in [-0.4, -0.2) is 29.1 Å². The summed E-state index contributed by atoms with van der Waals surface area (Å²) >= 11 is 1.69. The van der Waals surface area contributed by atoms with Gasteiger partial charge < -0.3 is 0 Å². The third kappa shape index (κ3) is 2.26. The van der Waals surface area contributed by atoms with Gasteiger partial charge in [0, 0.05) is 30.3 Å². The van der Waals surface area contributed by atoms with Crippen LogP contribution in [0.2, 0.25) is 0 Å². The topological polar surface area (TPSA) is 54.5 Å². The van der Waals surface area contributed by atoms with Gasteiger partial charge in [-0.1, -0.05) is 18.2 Å². The Hall–Kier alpha value is -1.62. The Labute approximate surface area is 121 Å². The second-order valence-electron chi connectivity index (χ2n) is 5.11. The molecule has 4 nitrogen and oxygen atoms in total. The standard InChI is InChI=1S/C15H15NO3S/c17-13-6-7-20-9-12(13)11-8-14(18)16(15(11)19)10-4-2-1-3-5-10/h1-5,11-12H,6-9H2/t11-,12?/m1/s1. The lowest BCUT2D eigenvalue weighted by atomic mass is 9.87. The van der Waals surface area contributed by atoms with Crippen LogP contribution in [0.3, 0.4) is 0 Å². The van der Waals surface area contributed by atoms with Gasteiger partial charge in [-0.05, 0) is 12.1 Å². The molecule has 2 amide bonds. The third-order valence-electron chi connectivity index (χ3n) is 3.89. The molecule has 2 heterocycles. The van der Waals surface area contributed by atoms with Crippen molar-refractivity contribution < 1.29 is 14.4 Å². The molecule has 2 saturated heterocycles. The average Bonchev–Trinajstić information content (AvgIpc) is 2.75. The molecule has 0 bridgehead atoms. The van der Waals surface area contributed by atoms with Gasteiger partial charge in [0.2, 0.25) is 11.8 Å². The number of hydrogen-bond acceptors (Lipinski definition) is 4. The summed E-state index contributed by atoms with van der Waals surface area (Å²) in [5.41, 5.74) is 0.598. The number of carbonyl (C=O) groups is 3. The van der Waals surface area contributed by atoms with Crippen LogP contribution in [0.4, 0.5) is 5.69 Å². The number of hydrogen-bond donors (Lipinski definition) is 0. The van der Waals surface area contributed by atoms with Gasteiger partial charge in [0.1, 0.15) is 5.78 Å². The molecule has 5 heteroatoms. The first-order valence-corrected chi connectivity index (χ1v) is 7.86. The molecule has 1 aromatic rings. The van der Waals surface area contributed by atoms with Crippen molar-refractivity contribution in [2.45, 2.75) is 12.8 Å². The molecule has 1 unspecified atom stereocenters. The number of ketones is 1. The normalized spacial score (nSPS) is 27.2. The fourth-order valence-corrected chi connectivity index (χ4v) is 4.00. The molecule has 0 N–H and O–H groups in total. The number of benzene rings is 1. The van der Waals surface area contributed by atoms with Crippen LogP contribution >= 0.6 is 11.8 Å². The molecule has 104 valence electrons. The Morgan fingerprint density at radius 1 is 1.05 bits per heavy atom. The zero-order valence-electron chi connectivity index (χ0n) is 11.0. The number of imide groups is 1. The number of Topliss-reactive ketones (excluding diaryl/α,β-unsaturated/α-hetero) is 1. The molecule has 0 spiro atoms. The van der Waals surface area contributed by atoms with Gasteiger partial charge in [-0.2, -0.15) is 11.8 Å². The molecule has 3 rings (SSSR count). The van der Waals surface area contributed by atoms with Crippen LogP contribution in [0.25, 0.3) is 0 Å². The fourth-order valence-electron chi connectivity index (χ4n) is 2.82. The van der Waals surface area contributed by atoms with E-state index in [4.69, 9.17) is 0 Å². The highest BCUT2D eigenvalue weighted by atomic mass is 32.2. The largest absolute Gasteiger partial charge is 0.299 e. The van der Waals surface area contributed by atoms with Crippen molar-refractivity contribution in [3.63, 3.8) is 0 Å². The summed E-state index contributed by atoms with van der Waals surface area (Å²) in [6.07, 6.45) is 0.670. The summed E-state index contributed by atoms with van der Waals surface area (Å²) in [7, 11) is 0. The molecular formula is C15H15NO3S. The molecule has 0 aliphatic carbocycles. The van der Waals surface area contributed by atoms with E-state index in [2.05, 4.69) is 0 Å². The van der Waals surface area contributed by atoms with Gasteiger partial charge in [-0.25, -0.2) is 0 Å². The van der Waals surface area contributed by atoms with Crippen LogP contribution in [-0.2, 0) is 14.4 Å². The first-order valence-electron chi connectivity index (χ1n) is 6.71. The lowest BCUT2D eigenvalue weighted by Gasteiger charge is -2.24. The lowest BCUT2D eigenvalue weighted by Crippen LogP contribution is -2.36. The maximum Gasteiger partial charge on any atom is 0.238 e. The van der Waals surface area contributed by atoms with E-state index >= 15 is 0 Å². The number of amides is 2. The summed E-state index contributed by atoms with van der Waals surface area (Å²) in [4.78, 5) is 37.9. The minimum absolute atomic E-state index is 0.129. The van der Waals surface area contributed by atoms with Crippen molar-refractivity contribution in [3.8, 4) is 0 Å². The third-order valence-corrected chi connectivity index (χ3v) is 4.97. The molecule has 0 radical (unpaired) electrons. The van der Waals surface area contributed by atoms with Crippen LogP contribution in [0.1, 0.15) is 12.8 Å². The van der Waals surface area contributed by atoms with Crippen molar-refractivity contribution in [1.82, 2.24) is 0 Å². The van der Waals surface area contributed by atoms with Crippen LogP contribution in [0, 0.1) is 11.8 Å². The van der Waals surface area contributed by atoms with E-state index in [1.807, 2.05) is 6.07 Å². The number of thioether (sulfide) groups is 1. The predicted octanol–water partition coefficient (Wildman–Crippen LogP) is 1.89. The van der Waals surface area contributed by atoms with Crippen molar-refractivity contribution >= 4 is 35.0 Å². The van der Waals surface area contributed by atoms with Crippen molar-refractivity contribution in [3.05, 3.63) is 30.3 Å². The average molecular weight is 289 g/mol. The smallest absolute Gasteiger partial charge is 0.238 e. The summed E-state index contributed by atoms with van der Waals surface area (Å²) in [6.45, 7) is 0. The predicted molar refractivity (Wildman–Crippen MR) is 77.5 cm³/mol. The Morgan fingerprint density at radius 2 is 1.80 bits per heavy atom. The van der Waals surface area contributed by atoms with Crippen molar-refractivity contribution in [1.29, 1.82) is 0 Å². The van der Waals surface area contributed by atoms with Gasteiger partial charge in [-0.3, -0.25) is 19.3 Å². The van der Waals surface area contributed by atoms with Crippen LogP contribution < -0.4 is 4.90 Å². The summed E-state index contributed by atoms with van der Waals surface area (Å²) in [5, 5.41) is 0. The van der Waals surface area contributed by atoms with E-state index in [1.165, 1.54) is 4.90 Å². The second-order valence-corrected chi connectivity index (χ2v) is 6.26. The van der Waals surface area contributed by atoms with Crippen LogP contribution in [0.5, 0.6) is 0 Å². The molecule has 2 aliphatic heterocycles. The molecule has 2 fully saturated rings. The van der Waals surface area contributed by atoms with Crippen molar-refractivity contribution in [2.24, 2.45) is 11.8 Å². The Bertz CT molecular complexity index is 557. The number of anilines is 1. The number of nitrogens with zero attached hydrogens (tertiary/aromatic N) is 1. The highest BCUT2D eigenvalue weighted by Crippen LogP contribution is 2.35. The number of carbonyl (C=O) groups excluding carboxylic acids is 3. The second kappa shape index (κ2) is 5.40. The maximum absolute atomic E-state index is 12.5. The van der Waals surface area contributed by atoms with E-state index in [1.54, 1.807) is 36.0 Å². The fraction of sp³-hybridized carbons (Fsp3) is 0.400. The van der Waals surface area contributed by atoms with E-state index in [0.717, 1.165) is 5.75 Å². The zero-order valence-corrected chi connectivity index (χ0v) is 11.8. The molecule has 1 aromatic carbocycles. The lowest BCUT2D eigenvalue weighted by molar-refractivity contribution is -0.129. The van der Waals surface area contributed by atoms with Gasteiger partial charge >= 0.3 is 0 Å². The molecule has 0 aromatic heterocycles. The van der Waals surface area contributed by atoms with E-state index in [-0.39, 0.29) is 29.9 Å². The number of para-hydroxylation sites is 1. The van der Waals surface area contributed by atoms with Crippen LogP contribution in [0.15, 0.2) is 30.3 Å².